The number of hydrogen-bond donors (Lipinski definition) is 2. The van der Waals surface area contributed by atoms with E-state index in [1.165, 1.54) is 24.3 Å². The maximum absolute atomic E-state index is 12.8. The van der Waals surface area contributed by atoms with Crippen LogP contribution in [0.5, 0.6) is 0 Å². The van der Waals surface area contributed by atoms with Gasteiger partial charge < -0.3 is 10.2 Å². The zero-order chi connectivity index (χ0) is 15.5. The summed E-state index contributed by atoms with van der Waals surface area (Å²) >= 11 is 0. The minimum atomic E-state index is -3.72. The summed E-state index contributed by atoms with van der Waals surface area (Å²) in [7, 11) is -3.72. The van der Waals surface area contributed by atoms with Crippen LogP contribution >= 0.6 is 0 Å². The number of hydrogen-bond acceptors (Lipinski definition) is 4. The highest BCUT2D eigenvalue weighted by molar-refractivity contribution is 7.89. The molecule has 0 spiro atoms. The molecule has 0 saturated carbocycles. The average molecular weight is 312 g/mol. The molecule has 0 aliphatic carbocycles. The largest absolute Gasteiger partial charge is 0.447 e. The number of nitrogens with one attached hydrogen (secondary N) is 1. The van der Waals surface area contributed by atoms with E-state index in [-0.39, 0.29) is 23.5 Å². The molecule has 0 fully saturated rings. The maximum Gasteiger partial charge on any atom is 0.274 e. The highest BCUT2D eigenvalue weighted by Crippen LogP contribution is 2.14. The summed E-state index contributed by atoms with van der Waals surface area (Å²) in [5.74, 6) is 0.0819. The van der Waals surface area contributed by atoms with Crippen molar-refractivity contribution in [3.05, 3.63) is 53.5 Å². The normalized spacial score (nSPS) is 13.3. The van der Waals surface area contributed by atoms with Gasteiger partial charge in [0.15, 0.2) is 0 Å². The van der Waals surface area contributed by atoms with Crippen molar-refractivity contribution in [1.82, 2.24) is 4.72 Å². The second-order valence-electron chi connectivity index (χ2n) is 4.78. The predicted octanol–water partition coefficient (Wildman–Crippen LogP) is 1.79. The van der Waals surface area contributed by atoms with Crippen LogP contribution in [-0.2, 0) is 23.0 Å². The van der Waals surface area contributed by atoms with Crippen LogP contribution < -0.4 is 10.5 Å². The minimum absolute atomic E-state index is 0.140. The van der Waals surface area contributed by atoms with Gasteiger partial charge >= 0.3 is 0 Å². The Labute approximate surface area is 123 Å². The number of benzene rings is 1. The molecule has 114 valence electrons. The second-order valence-corrected chi connectivity index (χ2v) is 6.42. The molecule has 1 unspecified atom stereocenters. The van der Waals surface area contributed by atoms with Crippen molar-refractivity contribution in [3.63, 3.8) is 0 Å². The quantitative estimate of drug-likeness (QED) is 0.851. The van der Waals surface area contributed by atoms with Crippen molar-refractivity contribution >= 4 is 10.0 Å². The standard InChI is InChI=1S/C14H17FN2O3S/c1-10(8-11-2-4-12(15)5-3-11)17-21(18,19)14-7-6-13(9-16)20-14/h2-7,10,17H,8-9,16H2,1H3. The van der Waals surface area contributed by atoms with Gasteiger partial charge in [0.05, 0.1) is 6.54 Å². The number of nitrogens with two attached hydrogens (primary N) is 1. The van der Waals surface area contributed by atoms with Gasteiger partial charge in [-0.15, -0.1) is 0 Å². The Morgan fingerprint density at radius 1 is 1.24 bits per heavy atom. The van der Waals surface area contributed by atoms with Gasteiger partial charge in [0.25, 0.3) is 10.0 Å². The van der Waals surface area contributed by atoms with E-state index in [2.05, 4.69) is 4.72 Å². The van der Waals surface area contributed by atoms with Crippen LogP contribution in [0.25, 0.3) is 0 Å². The van der Waals surface area contributed by atoms with Gasteiger partial charge in [-0.25, -0.2) is 17.5 Å². The van der Waals surface area contributed by atoms with Crippen molar-refractivity contribution in [2.24, 2.45) is 5.73 Å². The molecule has 1 heterocycles. The van der Waals surface area contributed by atoms with Gasteiger partial charge in [-0.2, -0.15) is 0 Å². The SMILES string of the molecule is CC(Cc1ccc(F)cc1)NS(=O)(=O)c1ccc(CN)o1. The number of rotatable bonds is 6. The zero-order valence-electron chi connectivity index (χ0n) is 11.5. The van der Waals surface area contributed by atoms with Crippen LogP contribution in [0.1, 0.15) is 18.2 Å². The van der Waals surface area contributed by atoms with Crippen LogP contribution in [0, 0.1) is 5.82 Å². The van der Waals surface area contributed by atoms with Crippen LogP contribution in [0.2, 0.25) is 0 Å². The molecule has 2 rings (SSSR count). The first-order valence-corrected chi connectivity index (χ1v) is 7.94. The number of furan rings is 1. The van der Waals surface area contributed by atoms with E-state index in [9.17, 15) is 12.8 Å². The minimum Gasteiger partial charge on any atom is -0.447 e. The summed E-state index contributed by atoms with van der Waals surface area (Å²) in [4.78, 5) is 0. The second kappa shape index (κ2) is 6.38. The first-order valence-electron chi connectivity index (χ1n) is 6.46. The molecule has 0 aliphatic heterocycles. The monoisotopic (exact) mass is 312 g/mol. The highest BCUT2D eigenvalue weighted by Gasteiger charge is 2.21. The van der Waals surface area contributed by atoms with E-state index < -0.39 is 10.0 Å². The third-order valence-corrected chi connectivity index (χ3v) is 4.38. The van der Waals surface area contributed by atoms with Crippen molar-refractivity contribution in [2.45, 2.75) is 31.0 Å². The van der Waals surface area contributed by atoms with E-state index in [0.717, 1.165) is 5.56 Å². The van der Waals surface area contributed by atoms with Crippen LogP contribution in [0.4, 0.5) is 4.39 Å². The van der Waals surface area contributed by atoms with Crippen LogP contribution in [0.3, 0.4) is 0 Å². The fourth-order valence-electron chi connectivity index (χ4n) is 1.95. The summed E-state index contributed by atoms with van der Waals surface area (Å²) in [6.45, 7) is 1.87. The lowest BCUT2D eigenvalue weighted by molar-refractivity contribution is 0.410. The van der Waals surface area contributed by atoms with Crippen molar-refractivity contribution in [3.8, 4) is 0 Å². The van der Waals surface area contributed by atoms with E-state index in [4.69, 9.17) is 10.2 Å². The number of halogens is 1. The Hall–Kier alpha value is -1.70. The third kappa shape index (κ3) is 4.13. The molecule has 7 heteroatoms. The van der Waals surface area contributed by atoms with Crippen molar-refractivity contribution in [2.75, 3.05) is 0 Å². The van der Waals surface area contributed by atoms with Crippen molar-refractivity contribution < 1.29 is 17.2 Å². The molecular formula is C14H17FN2O3S. The summed E-state index contributed by atoms with van der Waals surface area (Å²) in [5.41, 5.74) is 6.22. The molecule has 21 heavy (non-hydrogen) atoms. The molecule has 0 radical (unpaired) electrons. The summed E-state index contributed by atoms with van der Waals surface area (Å²) in [5, 5.41) is -0.158. The molecule has 0 bridgehead atoms. The van der Waals surface area contributed by atoms with E-state index in [1.807, 2.05) is 0 Å². The Morgan fingerprint density at radius 3 is 2.48 bits per heavy atom. The molecule has 3 N–H and O–H groups in total. The van der Waals surface area contributed by atoms with E-state index in [0.29, 0.717) is 12.2 Å². The van der Waals surface area contributed by atoms with Gasteiger partial charge in [-0.05, 0) is 43.2 Å². The molecule has 2 aromatic rings. The molecule has 1 aromatic carbocycles. The van der Waals surface area contributed by atoms with Gasteiger partial charge in [0.1, 0.15) is 11.6 Å². The highest BCUT2D eigenvalue weighted by atomic mass is 32.2. The van der Waals surface area contributed by atoms with Gasteiger partial charge in [0.2, 0.25) is 5.09 Å². The Balaban J connectivity index is 2.03. The predicted molar refractivity (Wildman–Crippen MR) is 76.5 cm³/mol. The molecule has 0 aliphatic rings. The fourth-order valence-corrected chi connectivity index (χ4v) is 3.14. The first kappa shape index (κ1) is 15.7. The Bertz CT molecular complexity index is 695. The smallest absolute Gasteiger partial charge is 0.274 e. The molecule has 1 atom stereocenters. The van der Waals surface area contributed by atoms with Crippen LogP contribution in [-0.4, -0.2) is 14.5 Å². The Morgan fingerprint density at radius 2 is 1.90 bits per heavy atom. The van der Waals surface area contributed by atoms with Gasteiger partial charge in [0, 0.05) is 6.04 Å². The topological polar surface area (TPSA) is 85.3 Å². The fraction of sp³-hybridized carbons (Fsp3) is 0.286. The average Bonchev–Trinajstić information content (AvgIpc) is 2.90. The summed E-state index contributed by atoms with van der Waals surface area (Å²) in [6, 6.07) is 8.48. The molecule has 0 saturated heterocycles. The lowest BCUT2D eigenvalue weighted by Crippen LogP contribution is -2.33. The summed E-state index contributed by atoms with van der Waals surface area (Å²) < 4.78 is 44.7. The molecular weight excluding hydrogens is 295 g/mol. The lowest BCUT2D eigenvalue weighted by Gasteiger charge is -2.13. The van der Waals surface area contributed by atoms with Crippen molar-refractivity contribution in [1.29, 1.82) is 0 Å². The lowest BCUT2D eigenvalue weighted by atomic mass is 10.1. The number of sulfonamides is 1. The molecule has 5 nitrogen and oxygen atoms in total. The summed E-state index contributed by atoms with van der Waals surface area (Å²) in [6.07, 6.45) is 0.448. The first-order chi connectivity index (χ1) is 9.90. The maximum atomic E-state index is 12.8. The van der Waals surface area contributed by atoms with E-state index >= 15 is 0 Å². The Kier molecular flexibility index (Phi) is 4.76. The third-order valence-electron chi connectivity index (χ3n) is 2.91. The van der Waals surface area contributed by atoms with Gasteiger partial charge in [-0.1, -0.05) is 12.1 Å². The molecule has 0 amide bonds. The molecule has 1 aromatic heterocycles. The van der Waals surface area contributed by atoms with Crippen LogP contribution in [0.15, 0.2) is 45.9 Å². The van der Waals surface area contributed by atoms with Gasteiger partial charge in [-0.3, -0.25) is 0 Å². The van der Waals surface area contributed by atoms with E-state index in [1.54, 1.807) is 19.1 Å². The zero-order valence-corrected chi connectivity index (χ0v) is 12.4.